The minimum atomic E-state index is -0.0829. The Labute approximate surface area is 166 Å². The Bertz CT molecular complexity index is 1260. The molecular weight excluding hydrogens is 368 g/mol. The van der Waals surface area contributed by atoms with Crippen molar-refractivity contribution < 1.29 is 4.79 Å². The molecule has 0 aliphatic carbocycles. The standard InChI is InChI=1S/C21H22N6O2/c1-2-26-18-8-7-14(13-17(18)23-24-26)20(28)25-11-9-15(10-12-25)27-19-6-4-3-5-16(19)22-21(27)29/h3-8,13,15H,2,9-12H2,1H3,(H,22,29). The van der Waals surface area contributed by atoms with Crippen molar-refractivity contribution in [3.8, 4) is 0 Å². The van der Waals surface area contributed by atoms with Gasteiger partial charge in [-0.3, -0.25) is 9.36 Å². The van der Waals surface area contributed by atoms with Gasteiger partial charge in [0.25, 0.3) is 5.91 Å². The first-order valence-corrected chi connectivity index (χ1v) is 9.97. The third-order valence-corrected chi connectivity index (χ3v) is 5.80. The fourth-order valence-electron chi connectivity index (χ4n) is 4.29. The summed E-state index contributed by atoms with van der Waals surface area (Å²) in [7, 11) is 0. The van der Waals surface area contributed by atoms with E-state index in [4.69, 9.17) is 0 Å². The van der Waals surface area contributed by atoms with Gasteiger partial charge in [-0.1, -0.05) is 17.3 Å². The number of amides is 1. The number of para-hydroxylation sites is 2. The molecule has 0 bridgehead atoms. The van der Waals surface area contributed by atoms with Crippen molar-refractivity contribution in [1.82, 2.24) is 29.4 Å². The number of H-pyrrole nitrogens is 1. The molecule has 0 atom stereocenters. The van der Waals surface area contributed by atoms with Crippen LogP contribution < -0.4 is 5.69 Å². The first-order chi connectivity index (χ1) is 14.2. The maximum atomic E-state index is 13.0. The molecule has 3 heterocycles. The van der Waals surface area contributed by atoms with Gasteiger partial charge in [0.05, 0.1) is 16.6 Å². The molecule has 1 fully saturated rings. The molecule has 1 aliphatic rings. The maximum absolute atomic E-state index is 13.0. The lowest BCUT2D eigenvalue weighted by Crippen LogP contribution is -2.40. The van der Waals surface area contributed by atoms with Crippen molar-refractivity contribution in [3.05, 3.63) is 58.5 Å². The van der Waals surface area contributed by atoms with Crippen LogP contribution in [0.3, 0.4) is 0 Å². The van der Waals surface area contributed by atoms with E-state index < -0.39 is 0 Å². The third kappa shape index (κ3) is 2.91. The average molecular weight is 390 g/mol. The number of aromatic amines is 1. The van der Waals surface area contributed by atoms with Crippen LogP contribution in [0.15, 0.2) is 47.3 Å². The zero-order valence-corrected chi connectivity index (χ0v) is 16.2. The zero-order valence-electron chi connectivity index (χ0n) is 16.2. The van der Waals surface area contributed by atoms with Gasteiger partial charge >= 0.3 is 5.69 Å². The highest BCUT2D eigenvalue weighted by Crippen LogP contribution is 2.26. The molecule has 0 unspecified atom stereocenters. The predicted molar refractivity (Wildman–Crippen MR) is 110 cm³/mol. The van der Waals surface area contributed by atoms with E-state index >= 15 is 0 Å². The topological polar surface area (TPSA) is 88.8 Å². The number of aromatic nitrogens is 5. The molecule has 8 nitrogen and oxygen atoms in total. The fourth-order valence-corrected chi connectivity index (χ4v) is 4.29. The van der Waals surface area contributed by atoms with Gasteiger partial charge in [0.2, 0.25) is 0 Å². The van der Waals surface area contributed by atoms with E-state index in [0.717, 1.165) is 41.5 Å². The van der Waals surface area contributed by atoms with E-state index in [1.54, 1.807) is 0 Å². The number of fused-ring (bicyclic) bond motifs is 2. The monoisotopic (exact) mass is 390 g/mol. The molecular formula is C21H22N6O2. The molecule has 1 N–H and O–H groups in total. The van der Waals surface area contributed by atoms with E-state index in [1.165, 1.54) is 0 Å². The second-order valence-corrected chi connectivity index (χ2v) is 7.45. The van der Waals surface area contributed by atoms with E-state index in [0.29, 0.717) is 18.7 Å². The molecule has 2 aromatic heterocycles. The largest absolute Gasteiger partial charge is 0.338 e. The maximum Gasteiger partial charge on any atom is 0.326 e. The average Bonchev–Trinajstić information content (AvgIpc) is 3.32. The molecule has 5 rings (SSSR count). The number of aryl methyl sites for hydroxylation is 1. The summed E-state index contributed by atoms with van der Waals surface area (Å²) in [5.74, 6) is 0.00247. The number of carbonyl (C=O) groups is 1. The van der Waals surface area contributed by atoms with Gasteiger partial charge < -0.3 is 9.88 Å². The predicted octanol–water partition coefficient (Wildman–Crippen LogP) is 2.57. The second-order valence-electron chi connectivity index (χ2n) is 7.45. The first-order valence-electron chi connectivity index (χ1n) is 9.97. The number of likely N-dealkylation sites (tertiary alicyclic amines) is 1. The number of benzene rings is 2. The van der Waals surface area contributed by atoms with Gasteiger partial charge in [-0.15, -0.1) is 5.10 Å². The Morgan fingerprint density at radius 1 is 1.14 bits per heavy atom. The van der Waals surface area contributed by atoms with Crippen molar-refractivity contribution in [1.29, 1.82) is 0 Å². The van der Waals surface area contributed by atoms with Gasteiger partial charge in [-0.05, 0) is 50.1 Å². The molecule has 148 valence electrons. The van der Waals surface area contributed by atoms with Gasteiger partial charge in [0.1, 0.15) is 5.52 Å². The van der Waals surface area contributed by atoms with Gasteiger partial charge in [0, 0.05) is 31.2 Å². The summed E-state index contributed by atoms with van der Waals surface area (Å²) in [6, 6.07) is 13.4. The van der Waals surface area contributed by atoms with Crippen LogP contribution in [-0.4, -0.2) is 48.4 Å². The summed E-state index contributed by atoms with van der Waals surface area (Å²) in [4.78, 5) is 30.2. The molecule has 1 saturated heterocycles. The van der Waals surface area contributed by atoms with Crippen LogP contribution >= 0.6 is 0 Å². The minimum absolute atomic E-state index is 0.00247. The van der Waals surface area contributed by atoms with Crippen LogP contribution in [0.25, 0.3) is 22.1 Å². The smallest absolute Gasteiger partial charge is 0.326 e. The lowest BCUT2D eigenvalue weighted by Gasteiger charge is -2.32. The summed E-state index contributed by atoms with van der Waals surface area (Å²) in [5.41, 5.74) is 3.99. The Morgan fingerprint density at radius 3 is 2.72 bits per heavy atom. The summed E-state index contributed by atoms with van der Waals surface area (Å²) in [5, 5.41) is 8.27. The van der Waals surface area contributed by atoms with Crippen LogP contribution in [0.2, 0.25) is 0 Å². The molecule has 0 spiro atoms. The first kappa shape index (κ1) is 17.7. The van der Waals surface area contributed by atoms with Crippen molar-refractivity contribution in [2.24, 2.45) is 0 Å². The quantitative estimate of drug-likeness (QED) is 0.582. The molecule has 8 heteroatoms. The highest BCUT2D eigenvalue weighted by Gasteiger charge is 2.27. The third-order valence-electron chi connectivity index (χ3n) is 5.80. The number of rotatable bonds is 3. The summed E-state index contributed by atoms with van der Waals surface area (Å²) in [6.45, 7) is 3.99. The normalized spacial score (nSPS) is 15.4. The number of carbonyl (C=O) groups excluding carboxylic acids is 1. The van der Waals surface area contributed by atoms with E-state index in [-0.39, 0.29) is 17.6 Å². The van der Waals surface area contributed by atoms with E-state index in [1.807, 2.05) is 63.5 Å². The minimum Gasteiger partial charge on any atom is -0.338 e. The Morgan fingerprint density at radius 2 is 1.93 bits per heavy atom. The van der Waals surface area contributed by atoms with Crippen molar-refractivity contribution in [2.45, 2.75) is 32.4 Å². The van der Waals surface area contributed by atoms with Crippen LogP contribution in [0.5, 0.6) is 0 Å². The Kier molecular flexibility index (Phi) is 4.19. The summed E-state index contributed by atoms with van der Waals surface area (Å²) < 4.78 is 3.65. The van der Waals surface area contributed by atoms with E-state index in [9.17, 15) is 9.59 Å². The van der Waals surface area contributed by atoms with Gasteiger partial charge in [0.15, 0.2) is 0 Å². The lowest BCUT2D eigenvalue weighted by molar-refractivity contribution is 0.0695. The second kappa shape index (κ2) is 6.88. The van der Waals surface area contributed by atoms with Crippen molar-refractivity contribution >= 4 is 28.0 Å². The molecule has 2 aromatic carbocycles. The SMILES string of the molecule is CCn1nnc2cc(C(=O)N3CCC(n4c(=O)[nH]c5ccccc54)CC3)ccc21. The molecule has 1 aliphatic heterocycles. The Balaban J connectivity index is 1.34. The number of piperidine rings is 1. The highest BCUT2D eigenvalue weighted by atomic mass is 16.2. The van der Waals surface area contributed by atoms with Crippen LogP contribution in [0, 0.1) is 0 Å². The molecule has 0 radical (unpaired) electrons. The van der Waals surface area contributed by atoms with Gasteiger partial charge in [-0.2, -0.15) is 0 Å². The number of nitrogens with zero attached hydrogens (tertiary/aromatic N) is 5. The lowest BCUT2D eigenvalue weighted by atomic mass is 10.0. The molecule has 1 amide bonds. The summed E-state index contributed by atoms with van der Waals surface area (Å²) >= 11 is 0. The van der Waals surface area contributed by atoms with Crippen LogP contribution in [0.4, 0.5) is 0 Å². The van der Waals surface area contributed by atoms with Crippen molar-refractivity contribution in [2.75, 3.05) is 13.1 Å². The number of hydrogen-bond acceptors (Lipinski definition) is 4. The number of nitrogens with one attached hydrogen (secondary N) is 1. The van der Waals surface area contributed by atoms with Crippen molar-refractivity contribution in [3.63, 3.8) is 0 Å². The fraction of sp³-hybridized carbons (Fsp3) is 0.333. The molecule has 29 heavy (non-hydrogen) atoms. The Hall–Kier alpha value is -3.42. The van der Waals surface area contributed by atoms with Crippen LogP contribution in [0.1, 0.15) is 36.2 Å². The van der Waals surface area contributed by atoms with E-state index in [2.05, 4.69) is 15.3 Å². The number of imidazole rings is 1. The zero-order chi connectivity index (χ0) is 20.0. The summed E-state index contributed by atoms with van der Waals surface area (Å²) in [6.07, 6.45) is 1.50. The van der Waals surface area contributed by atoms with Gasteiger partial charge in [-0.25, -0.2) is 9.48 Å². The molecule has 4 aromatic rings. The highest BCUT2D eigenvalue weighted by molar-refractivity contribution is 5.97. The number of hydrogen-bond donors (Lipinski definition) is 1. The van der Waals surface area contributed by atoms with Crippen LogP contribution in [-0.2, 0) is 6.54 Å². The molecule has 0 saturated carbocycles.